The zero-order valence-corrected chi connectivity index (χ0v) is 21.3. The summed E-state index contributed by atoms with van der Waals surface area (Å²) >= 11 is 0. The molecule has 2 saturated heterocycles. The summed E-state index contributed by atoms with van der Waals surface area (Å²) in [6.45, 7) is 8.24. The summed E-state index contributed by atoms with van der Waals surface area (Å²) in [5.41, 5.74) is 3.25. The molecule has 36 heavy (non-hydrogen) atoms. The van der Waals surface area contributed by atoms with Gasteiger partial charge in [0.05, 0.1) is 11.4 Å². The lowest BCUT2D eigenvalue weighted by Gasteiger charge is -2.39. The molecular weight excluding hydrogens is 450 g/mol. The lowest BCUT2D eigenvalue weighted by Crippen LogP contribution is -2.45. The first-order chi connectivity index (χ1) is 17.6. The van der Waals surface area contributed by atoms with Gasteiger partial charge in [0.2, 0.25) is 5.91 Å². The monoisotopic (exact) mass is 487 g/mol. The van der Waals surface area contributed by atoms with Crippen LogP contribution in [0.15, 0.2) is 42.5 Å². The molecule has 2 amide bonds. The number of fused-ring (bicyclic) bond motifs is 1. The molecule has 1 aromatic heterocycles. The van der Waals surface area contributed by atoms with Gasteiger partial charge in [-0.1, -0.05) is 49.4 Å². The van der Waals surface area contributed by atoms with Gasteiger partial charge >= 0.3 is 0 Å². The van der Waals surface area contributed by atoms with Crippen molar-refractivity contribution in [2.45, 2.75) is 45.6 Å². The predicted molar refractivity (Wildman–Crippen MR) is 142 cm³/mol. The number of carbonyl (C=O) groups excluding carboxylic acids is 2. The van der Waals surface area contributed by atoms with E-state index in [9.17, 15) is 9.59 Å². The molecule has 2 aliphatic heterocycles. The number of nitrogens with one attached hydrogen (secondary N) is 1. The van der Waals surface area contributed by atoms with Crippen molar-refractivity contribution in [3.8, 4) is 0 Å². The second-order valence-electron chi connectivity index (χ2n) is 10.3. The van der Waals surface area contributed by atoms with Crippen LogP contribution in [0.2, 0.25) is 0 Å². The van der Waals surface area contributed by atoms with Crippen molar-refractivity contribution in [3.63, 3.8) is 0 Å². The normalized spacial score (nSPS) is 18.9. The fourth-order valence-electron chi connectivity index (χ4n) is 5.78. The van der Waals surface area contributed by atoms with E-state index in [4.69, 9.17) is 0 Å². The predicted octanol–water partition coefficient (Wildman–Crippen LogP) is 3.82. The lowest BCUT2D eigenvalue weighted by molar-refractivity contribution is -0.133. The number of piperidine rings is 1. The van der Waals surface area contributed by atoms with E-state index in [0.717, 1.165) is 55.8 Å². The Balaban J connectivity index is 1.18. The molecule has 2 aromatic rings. The highest BCUT2D eigenvalue weighted by molar-refractivity contribution is 5.92. The summed E-state index contributed by atoms with van der Waals surface area (Å²) in [5.74, 6) is 0.274. The van der Waals surface area contributed by atoms with Crippen molar-refractivity contribution in [1.82, 2.24) is 24.7 Å². The van der Waals surface area contributed by atoms with E-state index in [1.165, 1.54) is 19.5 Å². The van der Waals surface area contributed by atoms with E-state index in [2.05, 4.69) is 46.4 Å². The van der Waals surface area contributed by atoms with Gasteiger partial charge in [0.1, 0.15) is 0 Å². The van der Waals surface area contributed by atoms with Crippen LogP contribution in [-0.2, 0) is 11.3 Å². The summed E-state index contributed by atoms with van der Waals surface area (Å²) in [5, 5.41) is 2.96. The quantitative estimate of drug-likeness (QED) is 0.645. The zero-order chi connectivity index (χ0) is 25.0. The zero-order valence-electron chi connectivity index (χ0n) is 21.3. The Morgan fingerprint density at radius 1 is 1.03 bits per heavy atom. The number of hydrogen-bond acceptors (Lipinski definition) is 4. The minimum absolute atomic E-state index is 0.129. The van der Waals surface area contributed by atoms with Crippen LogP contribution in [0.25, 0.3) is 12.2 Å². The lowest BCUT2D eigenvalue weighted by atomic mass is 9.77. The highest BCUT2D eigenvalue weighted by Gasteiger charge is 2.40. The van der Waals surface area contributed by atoms with E-state index < -0.39 is 0 Å². The highest BCUT2D eigenvalue weighted by Crippen LogP contribution is 2.40. The molecule has 1 aromatic carbocycles. The second-order valence-corrected chi connectivity index (χ2v) is 10.3. The molecule has 0 unspecified atom stereocenters. The van der Waals surface area contributed by atoms with Gasteiger partial charge in [-0.15, -0.1) is 0 Å². The molecule has 1 N–H and O–H groups in total. The summed E-state index contributed by atoms with van der Waals surface area (Å²) in [6, 6.07) is 10.1. The number of likely N-dealkylation sites (tertiary alicyclic amines) is 2. The second kappa shape index (κ2) is 10.8. The van der Waals surface area contributed by atoms with Gasteiger partial charge in [-0.25, -0.2) is 4.98 Å². The van der Waals surface area contributed by atoms with Crippen LogP contribution in [0.3, 0.4) is 0 Å². The molecule has 190 valence electrons. The van der Waals surface area contributed by atoms with Crippen molar-refractivity contribution in [2.75, 3.05) is 39.3 Å². The highest BCUT2D eigenvalue weighted by atomic mass is 16.2. The van der Waals surface area contributed by atoms with Crippen LogP contribution < -0.4 is 5.32 Å². The van der Waals surface area contributed by atoms with Gasteiger partial charge in [-0.3, -0.25) is 9.59 Å². The van der Waals surface area contributed by atoms with Gasteiger partial charge in [0, 0.05) is 39.1 Å². The Kier molecular flexibility index (Phi) is 7.37. The number of carbonyl (C=O) groups is 2. The molecule has 5 rings (SSSR count). The van der Waals surface area contributed by atoms with E-state index in [1.807, 2.05) is 39.8 Å². The fourth-order valence-corrected chi connectivity index (χ4v) is 5.78. The topological polar surface area (TPSA) is 70.5 Å². The Morgan fingerprint density at radius 3 is 2.53 bits per heavy atom. The van der Waals surface area contributed by atoms with Crippen LogP contribution in [0, 0.1) is 5.41 Å². The Bertz CT molecular complexity index is 1140. The summed E-state index contributed by atoms with van der Waals surface area (Å²) < 4.78 is 1.97. The van der Waals surface area contributed by atoms with Crippen LogP contribution in [-0.4, -0.2) is 70.4 Å². The third-order valence-corrected chi connectivity index (χ3v) is 8.01. The SMILES string of the molecule is CCN1CCC2(CCN(C(=O)CCNC(=O)c3nc4c(n3Cc3ccccc3)C=CCC=C4)CC2)C1. The summed E-state index contributed by atoms with van der Waals surface area (Å²) in [6.07, 6.45) is 12.7. The molecular formula is C29H37N5O2. The number of allylic oxidation sites excluding steroid dienone is 2. The maximum Gasteiger partial charge on any atom is 0.287 e. The van der Waals surface area contributed by atoms with Gasteiger partial charge in [0.15, 0.2) is 5.82 Å². The molecule has 0 atom stereocenters. The fraction of sp³-hybridized carbons (Fsp3) is 0.483. The van der Waals surface area contributed by atoms with Crippen molar-refractivity contribution in [3.05, 3.63) is 65.3 Å². The molecule has 1 aliphatic carbocycles. The number of benzene rings is 1. The number of amides is 2. The number of imidazole rings is 1. The average Bonchev–Trinajstić information content (AvgIpc) is 3.36. The van der Waals surface area contributed by atoms with Gasteiger partial charge in [-0.05, 0) is 61.9 Å². The minimum atomic E-state index is -0.239. The molecule has 0 saturated carbocycles. The van der Waals surface area contributed by atoms with E-state index in [1.54, 1.807) is 0 Å². The largest absolute Gasteiger partial charge is 0.349 e. The van der Waals surface area contributed by atoms with Crippen LogP contribution >= 0.6 is 0 Å². The first-order valence-electron chi connectivity index (χ1n) is 13.3. The third kappa shape index (κ3) is 5.31. The van der Waals surface area contributed by atoms with Crippen molar-refractivity contribution in [2.24, 2.45) is 5.41 Å². The van der Waals surface area contributed by atoms with Crippen LogP contribution in [0.4, 0.5) is 0 Å². The number of rotatable bonds is 7. The number of aromatic nitrogens is 2. The van der Waals surface area contributed by atoms with E-state index in [-0.39, 0.29) is 11.8 Å². The first-order valence-corrected chi connectivity index (χ1v) is 13.3. The smallest absolute Gasteiger partial charge is 0.287 e. The van der Waals surface area contributed by atoms with Crippen molar-refractivity contribution in [1.29, 1.82) is 0 Å². The molecule has 0 radical (unpaired) electrons. The Hall–Kier alpha value is -3.19. The first kappa shape index (κ1) is 24.5. The minimum Gasteiger partial charge on any atom is -0.349 e. The molecule has 7 nitrogen and oxygen atoms in total. The molecule has 0 bridgehead atoms. The Morgan fingerprint density at radius 2 is 1.78 bits per heavy atom. The van der Waals surface area contributed by atoms with Gasteiger partial charge in [-0.2, -0.15) is 0 Å². The summed E-state index contributed by atoms with van der Waals surface area (Å²) in [7, 11) is 0. The van der Waals surface area contributed by atoms with Crippen LogP contribution in [0.5, 0.6) is 0 Å². The number of hydrogen-bond donors (Lipinski definition) is 1. The molecule has 1 spiro atoms. The van der Waals surface area contributed by atoms with Crippen molar-refractivity contribution >= 4 is 24.0 Å². The molecule has 3 aliphatic rings. The summed E-state index contributed by atoms with van der Waals surface area (Å²) in [4.78, 5) is 35.2. The maximum atomic E-state index is 13.2. The van der Waals surface area contributed by atoms with E-state index >= 15 is 0 Å². The number of nitrogens with zero attached hydrogens (tertiary/aromatic N) is 4. The average molecular weight is 488 g/mol. The maximum absolute atomic E-state index is 13.2. The third-order valence-electron chi connectivity index (χ3n) is 8.01. The molecule has 3 heterocycles. The van der Waals surface area contributed by atoms with Gasteiger partial charge in [0.25, 0.3) is 5.91 Å². The van der Waals surface area contributed by atoms with Gasteiger partial charge < -0.3 is 19.7 Å². The molecule has 7 heteroatoms. The van der Waals surface area contributed by atoms with Crippen LogP contribution in [0.1, 0.15) is 66.6 Å². The standard InChI is InChI=1S/C29H37N5O2/c1-2-32-18-14-29(22-32)15-19-33(20-16-29)26(35)13-17-30-28(36)27-31-24-11-7-4-8-12-25(24)34(27)21-23-9-5-3-6-10-23/h3,5-12H,2,4,13-22H2,1H3,(H,30,36). The van der Waals surface area contributed by atoms with Crippen molar-refractivity contribution < 1.29 is 9.59 Å². The van der Waals surface area contributed by atoms with E-state index in [0.29, 0.717) is 30.7 Å². The Labute approximate surface area is 213 Å². The molecule has 2 fully saturated rings.